The molecular formula is C10H20N2O4. The lowest BCUT2D eigenvalue weighted by atomic mass is 10.0. The third kappa shape index (κ3) is 7.19. The van der Waals surface area contributed by atoms with Crippen molar-refractivity contribution in [3.8, 4) is 0 Å². The van der Waals surface area contributed by atoms with E-state index in [1.807, 2.05) is 13.8 Å². The van der Waals surface area contributed by atoms with Crippen LogP contribution in [0.25, 0.3) is 0 Å². The Kier molecular flexibility index (Phi) is 7.49. The van der Waals surface area contributed by atoms with Gasteiger partial charge in [-0.25, -0.2) is 5.43 Å². The summed E-state index contributed by atoms with van der Waals surface area (Å²) < 4.78 is 4.73. The number of ether oxygens (including phenoxy) is 1. The van der Waals surface area contributed by atoms with Gasteiger partial charge in [0.05, 0.1) is 13.0 Å². The number of hydrogen-bond acceptors (Lipinski definition) is 4. The summed E-state index contributed by atoms with van der Waals surface area (Å²) >= 11 is 0. The lowest BCUT2D eigenvalue weighted by molar-refractivity contribution is -0.140. The van der Waals surface area contributed by atoms with Gasteiger partial charge in [-0.05, 0) is 12.3 Å². The molecule has 0 aromatic carbocycles. The van der Waals surface area contributed by atoms with Gasteiger partial charge in [0, 0.05) is 7.11 Å². The van der Waals surface area contributed by atoms with E-state index < -0.39 is 12.0 Å². The number of carbonyl (C=O) groups is 2. The van der Waals surface area contributed by atoms with E-state index in [2.05, 4.69) is 10.9 Å². The van der Waals surface area contributed by atoms with Crippen molar-refractivity contribution in [2.45, 2.75) is 32.7 Å². The Hall–Kier alpha value is -1.14. The van der Waals surface area contributed by atoms with Gasteiger partial charge in [-0.1, -0.05) is 13.8 Å². The van der Waals surface area contributed by atoms with E-state index in [1.54, 1.807) is 0 Å². The summed E-state index contributed by atoms with van der Waals surface area (Å²) in [5.41, 5.74) is 4.86. The zero-order chi connectivity index (χ0) is 12.6. The van der Waals surface area contributed by atoms with Crippen LogP contribution < -0.4 is 10.9 Å². The fourth-order valence-electron chi connectivity index (χ4n) is 1.12. The first-order chi connectivity index (χ1) is 7.47. The molecule has 0 aromatic heterocycles. The Morgan fingerprint density at radius 2 is 2.00 bits per heavy atom. The van der Waals surface area contributed by atoms with Crippen molar-refractivity contribution < 1.29 is 19.4 Å². The summed E-state index contributed by atoms with van der Waals surface area (Å²) in [6.07, 6.45) is 0.664. The summed E-state index contributed by atoms with van der Waals surface area (Å²) in [5.74, 6) is -1.01. The average molecular weight is 232 g/mol. The number of carbonyl (C=O) groups excluding carboxylic acids is 1. The number of nitrogens with one attached hydrogen (secondary N) is 2. The second-order valence-electron chi connectivity index (χ2n) is 3.96. The van der Waals surface area contributed by atoms with Gasteiger partial charge in [-0.2, -0.15) is 0 Å². The molecule has 1 atom stereocenters. The standard InChI is InChI=1S/C10H20N2O4/c1-7(2)6-8(10(14)15)11-12-9(13)4-5-16-3/h7-8,11H,4-6H2,1-3H3,(H,12,13)(H,14,15)/t8-/m1/s1. The molecular weight excluding hydrogens is 212 g/mol. The summed E-state index contributed by atoms with van der Waals surface area (Å²) in [6, 6.07) is -0.758. The smallest absolute Gasteiger partial charge is 0.322 e. The van der Waals surface area contributed by atoms with Gasteiger partial charge in [0.1, 0.15) is 6.04 Å². The van der Waals surface area contributed by atoms with E-state index in [0.29, 0.717) is 13.0 Å². The van der Waals surface area contributed by atoms with Crippen LogP contribution in [0.2, 0.25) is 0 Å². The van der Waals surface area contributed by atoms with Crippen LogP contribution in [0.4, 0.5) is 0 Å². The molecule has 16 heavy (non-hydrogen) atoms. The summed E-state index contributed by atoms with van der Waals surface area (Å²) in [6.45, 7) is 4.16. The van der Waals surface area contributed by atoms with Crippen molar-refractivity contribution >= 4 is 11.9 Å². The highest BCUT2D eigenvalue weighted by Gasteiger charge is 2.18. The second kappa shape index (κ2) is 8.06. The van der Waals surface area contributed by atoms with Gasteiger partial charge < -0.3 is 9.84 Å². The summed E-state index contributed by atoms with van der Waals surface area (Å²) in [5, 5.41) is 8.87. The number of amides is 1. The van der Waals surface area contributed by atoms with Crippen LogP contribution in [0.3, 0.4) is 0 Å². The SMILES string of the molecule is COCCC(=O)NN[C@H](CC(C)C)C(=O)O. The molecule has 6 nitrogen and oxygen atoms in total. The van der Waals surface area contributed by atoms with E-state index in [1.165, 1.54) is 7.11 Å². The molecule has 6 heteroatoms. The summed E-state index contributed by atoms with van der Waals surface area (Å²) in [4.78, 5) is 22.0. The van der Waals surface area contributed by atoms with E-state index >= 15 is 0 Å². The number of hydrazine groups is 1. The van der Waals surface area contributed by atoms with Crippen LogP contribution in [0.15, 0.2) is 0 Å². The van der Waals surface area contributed by atoms with Gasteiger partial charge in [0.15, 0.2) is 0 Å². The molecule has 0 spiro atoms. The normalized spacial score (nSPS) is 12.5. The molecule has 0 aliphatic heterocycles. The fraction of sp³-hybridized carbons (Fsp3) is 0.800. The predicted molar refractivity (Wildman–Crippen MR) is 58.7 cm³/mol. The fourth-order valence-corrected chi connectivity index (χ4v) is 1.12. The van der Waals surface area contributed by atoms with E-state index in [9.17, 15) is 9.59 Å². The first-order valence-electron chi connectivity index (χ1n) is 5.23. The molecule has 0 bridgehead atoms. The topological polar surface area (TPSA) is 87.7 Å². The van der Waals surface area contributed by atoms with Crippen molar-refractivity contribution in [1.82, 2.24) is 10.9 Å². The van der Waals surface area contributed by atoms with Crippen molar-refractivity contribution in [2.75, 3.05) is 13.7 Å². The molecule has 0 unspecified atom stereocenters. The van der Waals surface area contributed by atoms with Crippen molar-refractivity contribution in [1.29, 1.82) is 0 Å². The van der Waals surface area contributed by atoms with Crippen LogP contribution >= 0.6 is 0 Å². The molecule has 0 aliphatic carbocycles. The Morgan fingerprint density at radius 3 is 2.44 bits per heavy atom. The van der Waals surface area contributed by atoms with Gasteiger partial charge in [0.25, 0.3) is 0 Å². The lowest BCUT2D eigenvalue weighted by Crippen LogP contribution is -2.48. The molecule has 0 saturated carbocycles. The number of hydrogen-bond donors (Lipinski definition) is 3. The first-order valence-corrected chi connectivity index (χ1v) is 5.23. The number of rotatable bonds is 8. The van der Waals surface area contributed by atoms with Gasteiger partial charge >= 0.3 is 5.97 Å². The number of carboxylic acid groups (broad SMARTS) is 1. The van der Waals surface area contributed by atoms with E-state index in [-0.39, 0.29) is 18.2 Å². The largest absolute Gasteiger partial charge is 0.480 e. The molecule has 0 radical (unpaired) electrons. The minimum Gasteiger partial charge on any atom is -0.480 e. The monoisotopic (exact) mass is 232 g/mol. The molecule has 0 aliphatic rings. The van der Waals surface area contributed by atoms with Crippen molar-refractivity contribution in [3.05, 3.63) is 0 Å². The second-order valence-corrected chi connectivity index (χ2v) is 3.96. The molecule has 3 N–H and O–H groups in total. The molecule has 0 aromatic rings. The third-order valence-electron chi connectivity index (χ3n) is 1.92. The predicted octanol–water partition coefficient (Wildman–Crippen LogP) is 0.143. The Balaban J connectivity index is 3.92. The molecule has 94 valence electrons. The number of aliphatic carboxylic acids is 1. The zero-order valence-corrected chi connectivity index (χ0v) is 9.95. The molecule has 0 rings (SSSR count). The zero-order valence-electron chi connectivity index (χ0n) is 9.95. The van der Waals surface area contributed by atoms with Crippen LogP contribution in [0, 0.1) is 5.92 Å². The van der Waals surface area contributed by atoms with Crippen LogP contribution in [0.5, 0.6) is 0 Å². The third-order valence-corrected chi connectivity index (χ3v) is 1.92. The van der Waals surface area contributed by atoms with Gasteiger partial charge in [0.2, 0.25) is 5.91 Å². The van der Waals surface area contributed by atoms with E-state index in [0.717, 1.165) is 0 Å². The minimum atomic E-state index is -0.972. The first kappa shape index (κ1) is 14.9. The highest BCUT2D eigenvalue weighted by molar-refractivity contribution is 5.77. The van der Waals surface area contributed by atoms with Gasteiger partial charge in [-0.3, -0.25) is 15.0 Å². The molecule has 0 fully saturated rings. The van der Waals surface area contributed by atoms with Crippen molar-refractivity contribution in [2.24, 2.45) is 5.92 Å². The summed E-state index contributed by atoms with van der Waals surface area (Å²) in [7, 11) is 1.50. The molecule has 0 saturated heterocycles. The Morgan fingerprint density at radius 1 is 1.38 bits per heavy atom. The number of methoxy groups -OCH3 is 1. The quantitative estimate of drug-likeness (QED) is 0.518. The lowest BCUT2D eigenvalue weighted by Gasteiger charge is -2.16. The van der Waals surface area contributed by atoms with Crippen LogP contribution in [-0.2, 0) is 14.3 Å². The minimum absolute atomic E-state index is 0.206. The maximum atomic E-state index is 11.2. The number of carboxylic acids is 1. The highest BCUT2D eigenvalue weighted by atomic mass is 16.5. The molecule has 1 amide bonds. The van der Waals surface area contributed by atoms with Crippen LogP contribution in [-0.4, -0.2) is 36.7 Å². The van der Waals surface area contributed by atoms with Crippen molar-refractivity contribution in [3.63, 3.8) is 0 Å². The highest BCUT2D eigenvalue weighted by Crippen LogP contribution is 2.03. The Labute approximate surface area is 95.3 Å². The van der Waals surface area contributed by atoms with Crippen LogP contribution in [0.1, 0.15) is 26.7 Å². The van der Waals surface area contributed by atoms with E-state index in [4.69, 9.17) is 9.84 Å². The van der Waals surface area contributed by atoms with Gasteiger partial charge in [-0.15, -0.1) is 0 Å². The molecule has 0 heterocycles. The average Bonchev–Trinajstić information content (AvgIpc) is 2.20. The maximum Gasteiger partial charge on any atom is 0.322 e. The Bertz CT molecular complexity index is 231. The maximum absolute atomic E-state index is 11.2.